The highest BCUT2D eigenvalue weighted by Crippen LogP contribution is 2.16. The van der Waals surface area contributed by atoms with E-state index in [0.29, 0.717) is 19.4 Å². The zero-order valence-electron chi connectivity index (χ0n) is 44.7. The number of allylic oxidation sites excluding steroid dienone is 6. The van der Waals surface area contributed by atoms with E-state index in [0.717, 1.165) is 51.4 Å². The maximum absolute atomic E-state index is 12.8. The van der Waals surface area contributed by atoms with E-state index in [1.54, 1.807) is 0 Å². The molecule has 0 rings (SSSR count). The molecule has 1 atom stereocenters. The lowest BCUT2D eigenvalue weighted by molar-refractivity contribution is -0.163. The molecule has 0 spiro atoms. The van der Waals surface area contributed by atoms with Crippen LogP contribution < -0.4 is 0 Å². The van der Waals surface area contributed by atoms with E-state index in [4.69, 9.17) is 14.2 Å². The number of carbonyl (C=O) groups excluding carboxylic acids is 2. The summed E-state index contributed by atoms with van der Waals surface area (Å²) in [6.07, 6.45) is 70.2. The molecule has 0 bridgehead atoms. The molecule has 0 saturated carbocycles. The normalized spacial score (nSPS) is 12.3. The van der Waals surface area contributed by atoms with Crippen molar-refractivity contribution in [3.05, 3.63) is 36.5 Å². The Bertz CT molecular complexity index is 1050. The van der Waals surface area contributed by atoms with Crippen molar-refractivity contribution in [3.63, 3.8) is 0 Å². The molecule has 0 heterocycles. The Labute approximate surface area is 412 Å². The van der Waals surface area contributed by atoms with E-state index in [2.05, 4.69) is 57.2 Å². The van der Waals surface area contributed by atoms with Crippen molar-refractivity contribution < 1.29 is 23.8 Å². The predicted octanol–water partition coefficient (Wildman–Crippen LogP) is 20.1. The lowest BCUT2D eigenvalue weighted by Crippen LogP contribution is -2.30. The van der Waals surface area contributed by atoms with Crippen LogP contribution in [0.1, 0.15) is 316 Å². The molecule has 0 aliphatic heterocycles. The Kier molecular flexibility index (Phi) is 55.8. The Morgan fingerprint density at radius 3 is 1.05 bits per heavy atom. The van der Waals surface area contributed by atoms with Gasteiger partial charge in [0.15, 0.2) is 6.10 Å². The third kappa shape index (κ3) is 54.7. The molecule has 0 aliphatic rings. The number of rotatable bonds is 55. The number of hydrogen-bond acceptors (Lipinski definition) is 5. The molecule has 0 saturated heterocycles. The Morgan fingerprint density at radius 1 is 0.333 bits per heavy atom. The molecule has 0 unspecified atom stereocenters. The quantitative estimate of drug-likeness (QED) is 0.0345. The first-order valence-electron chi connectivity index (χ1n) is 29.5. The summed E-state index contributed by atoms with van der Waals surface area (Å²) in [6, 6.07) is 0. The fourth-order valence-corrected chi connectivity index (χ4v) is 8.71. The van der Waals surface area contributed by atoms with Crippen LogP contribution in [-0.4, -0.2) is 37.9 Å². The number of carbonyl (C=O) groups is 2. The van der Waals surface area contributed by atoms with Gasteiger partial charge >= 0.3 is 11.9 Å². The average Bonchev–Trinajstić information content (AvgIpc) is 3.32. The minimum atomic E-state index is -0.540. The lowest BCUT2D eigenvalue weighted by atomic mass is 10.0. The van der Waals surface area contributed by atoms with Crippen LogP contribution in [0.4, 0.5) is 0 Å². The van der Waals surface area contributed by atoms with Gasteiger partial charge in [0.2, 0.25) is 0 Å². The van der Waals surface area contributed by atoms with Crippen LogP contribution in [0.2, 0.25) is 0 Å². The zero-order valence-corrected chi connectivity index (χ0v) is 44.7. The molecule has 0 fully saturated rings. The topological polar surface area (TPSA) is 61.8 Å². The van der Waals surface area contributed by atoms with Gasteiger partial charge in [-0.05, 0) is 77.0 Å². The van der Waals surface area contributed by atoms with Crippen molar-refractivity contribution >= 4 is 11.9 Å². The summed E-state index contributed by atoms with van der Waals surface area (Å²) in [5.74, 6) is -0.396. The standard InChI is InChI=1S/C61H114O5/c1-4-7-10-13-16-19-22-25-28-30-31-32-34-36-39-42-45-48-51-54-60(62)65-58-59(57-64-56-53-50-47-44-41-38-35-29-26-23-20-17-14-11-8-5-2)66-61(63)55-52-49-46-43-40-37-33-27-24-21-18-15-12-9-6-3/h18,21,25,27-28,33,59H,4-17,19-20,22-24,26,29-32,34-58H2,1-3H3/b21-18-,28-25-,33-27-/t59-/m1/s1. The van der Waals surface area contributed by atoms with Gasteiger partial charge in [0, 0.05) is 19.4 Å². The van der Waals surface area contributed by atoms with Crippen molar-refractivity contribution in [3.8, 4) is 0 Å². The number of esters is 2. The highest BCUT2D eigenvalue weighted by Gasteiger charge is 2.17. The maximum Gasteiger partial charge on any atom is 0.306 e. The molecular formula is C61H114O5. The van der Waals surface area contributed by atoms with Crippen LogP contribution in [0.3, 0.4) is 0 Å². The molecule has 388 valence electrons. The van der Waals surface area contributed by atoms with Gasteiger partial charge in [-0.2, -0.15) is 0 Å². The predicted molar refractivity (Wildman–Crippen MR) is 288 cm³/mol. The van der Waals surface area contributed by atoms with Crippen LogP contribution in [0, 0.1) is 0 Å². The number of ether oxygens (including phenoxy) is 3. The van der Waals surface area contributed by atoms with E-state index in [-0.39, 0.29) is 25.2 Å². The Balaban J connectivity index is 4.24. The average molecular weight is 928 g/mol. The van der Waals surface area contributed by atoms with Crippen molar-refractivity contribution in [1.29, 1.82) is 0 Å². The fourth-order valence-electron chi connectivity index (χ4n) is 8.71. The highest BCUT2D eigenvalue weighted by molar-refractivity contribution is 5.70. The summed E-state index contributed by atoms with van der Waals surface area (Å²) in [6.45, 7) is 7.85. The van der Waals surface area contributed by atoms with E-state index in [1.807, 2.05) is 0 Å². The van der Waals surface area contributed by atoms with Gasteiger partial charge < -0.3 is 14.2 Å². The van der Waals surface area contributed by atoms with Crippen LogP contribution in [-0.2, 0) is 23.8 Å². The zero-order chi connectivity index (χ0) is 47.7. The van der Waals surface area contributed by atoms with Gasteiger partial charge in [-0.1, -0.05) is 263 Å². The van der Waals surface area contributed by atoms with E-state index < -0.39 is 6.10 Å². The molecule has 0 aromatic heterocycles. The van der Waals surface area contributed by atoms with Crippen molar-refractivity contribution in [2.75, 3.05) is 19.8 Å². The molecular weight excluding hydrogens is 813 g/mol. The van der Waals surface area contributed by atoms with Gasteiger partial charge in [-0.15, -0.1) is 0 Å². The Morgan fingerprint density at radius 2 is 0.636 bits per heavy atom. The van der Waals surface area contributed by atoms with Gasteiger partial charge in [0.05, 0.1) is 6.61 Å². The molecule has 66 heavy (non-hydrogen) atoms. The summed E-state index contributed by atoms with van der Waals surface area (Å²) in [5.41, 5.74) is 0. The first-order chi connectivity index (χ1) is 32.6. The third-order valence-corrected chi connectivity index (χ3v) is 13.1. The van der Waals surface area contributed by atoms with Crippen molar-refractivity contribution in [2.45, 2.75) is 322 Å². The van der Waals surface area contributed by atoms with Crippen LogP contribution in [0.5, 0.6) is 0 Å². The monoisotopic (exact) mass is 927 g/mol. The molecule has 5 heteroatoms. The second kappa shape index (κ2) is 57.4. The van der Waals surface area contributed by atoms with Gasteiger partial charge in [-0.25, -0.2) is 0 Å². The minimum Gasteiger partial charge on any atom is -0.462 e. The summed E-state index contributed by atoms with van der Waals surface area (Å²) in [5, 5.41) is 0. The first-order valence-corrected chi connectivity index (χ1v) is 29.5. The summed E-state index contributed by atoms with van der Waals surface area (Å²) >= 11 is 0. The second-order valence-corrected chi connectivity index (χ2v) is 19.9. The van der Waals surface area contributed by atoms with Crippen LogP contribution in [0.25, 0.3) is 0 Å². The molecule has 0 aromatic carbocycles. The minimum absolute atomic E-state index is 0.0839. The van der Waals surface area contributed by atoms with Gasteiger partial charge in [0.1, 0.15) is 6.61 Å². The molecule has 0 N–H and O–H groups in total. The lowest BCUT2D eigenvalue weighted by Gasteiger charge is -2.18. The van der Waals surface area contributed by atoms with Crippen molar-refractivity contribution in [2.24, 2.45) is 0 Å². The van der Waals surface area contributed by atoms with Gasteiger partial charge in [-0.3, -0.25) is 9.59 Å². The number of unbranched alkanes of at least 4 members (excludes halogenated alkanes) is 38. The third-order valence-electron chi connectivity index (χ3n) is 13.1. The second-order valence-electron chi connectivity index (χ2n) is 19.9. The largest absolute Gasteiger partial charge is 0.462 e. The van der Waals surface area contributed by atoms with Crippen LogP contribution in [0.15, 0.2) is 36.5 Å². The SMILES string of the molecule is CCCCC/C=C\C/C=C\CCCCCCCC(=O)O[C@H](COCCCCCCCCCCCCCCCCCC)COC(=O)CCCCCCCCCCC/C=C\CCCCCCCC. The Hall–Kier alpha value is -1.88. The molecule has 0 aliphatic carbocycles. The molecule has 0 aromatic rings. The summed E-state index contributed by atoms with van der Waals surface area (Å²) < 4.78 is 17.5. The summed E-state index contributed by atoms with van der Waals surface area (Å²) in [4.78, 5) is 25.5. The molecule has 5 nitrogen and oxygen atoms in total. The highest BCUT2D eigenvalue weighted by atomic mass is 16.6. The first kappa shape index (κ1) is 64.1. The smallest absolute Gasteiger partial charge is 0.306 e. The summed E-state index contributed by atoms with van der Waals surface area (Å²) in [7, 11) is 0. The van der Waals surface area contributed by atoms with E-state index in [1.165, 1.54) is 231 Å². The van der Waals surface area contributed by atoms with E-state index >= 15 is 0 Å². The van der Waals surface area contributed by atoms with E-state index in [9.17, 15) is 9.59 Å². The van der Waals surface area contributed by atoms with Crippen molar-refractivity contribution in [1.82, 2.24) is 0 Å². The molecule has 0 amide bonds. The van der Waals surface area contributed by atoms with Gasteiger partial charge in [0.25, 0.3) is 0 Å². The van der Waals surface area contributed by atoms with Crippen LogP contribution >= 0.6 is 0 Å². The molecule has 0 radical (unpaired) electrons. The fraction of sp³-hybridized carbons (Fsp3) is 0.869. The number of hydrogen-bond donors (Lipinski definition) is 0. The maximum atomic E-state index is 12.8.